The van der Waals surface area contributed by atoms with E-state index in [1.54, 1.807) is 12.1 Å². The zero-order chi connectivity index (χ0) is 9.54. The predicted octanol–water partition coefficient (Wildman–Crippen LogP) is 2.19. The number of nitrogens with zero attached hydrogens (tertiary/aromatic N) is 2. The summed E-state index contributed by atoms with van der Waals surface area (Å²) in [5, 5.41) is 9.59. The van der Waals surface area contributed by atoms with Gasteiger partial charge in [-0.25, -0.2) is 4.98 Å². The molecule has 0 spiro atoms. The highest BCUT2D eigenvalue weighted by Crippen LogP contribution is 2.22. The molecule has 0 aliphatic carbocycles. The molecular weight excluding hydrogens is 176 g/mol. The van der Waals surface area contributed by atoms with Gasteiger partial charge in [0.1, 0.15) is 0 Å². The largest absolute Gasteiger partial charge is 0.504 e. The molecule has 68 valence electrons. The van der Waals surface area contributed by atoms with Crippen LogP contribution in [0.3, 0.4) is 0 Å². The van der Waals surface area contributed by atoms with Crippen LogP contribution >= 0.6 is 0 Å². The molecule has 0 saturated carbocycles. The van der Waals surface area contributed by atoms with Crippen molar-refractivity contribution < 1.29 is 5.11 Å². The number of aromatic nitrogens is 2. The highest BCUT2D eigenvalue weighted by atomic mass is 16.3. The van der Waals surface area contributed by atoms with Crippen LogP contribution in [0, 0.1) is 0 Å². The summed E-state index contributed by atoms with van der Waals surface area (Å²) in [5.41, 5.74) is 2.51. The second-order valence-electron chi connectivity index (χ2n) is 3.19. The smallest absolute Gasteiger partial charge is 0.180 e. The average molecular weight is 184 g/mol. The van der Waals surface area contributed by atoms with Gasteiger partial charge in [0.25, 0.3) is 0 Å². The molecule has 0 fully saturated rings. The van der Waals surface area contributed by atoms with Crippen LogP contribution in [-0.2, 0) is 0 Å². The van der Waals surface area contributed by atoms with Gasteiger partial charge in [-0.05, 0) is 24.3 Å². The second-order valence-corrected chi connectivity index (χ2v) is 3.19. The second kappa shape index (κ2) is 2.48. The summed E-state index contributed by atoms with van der Waals surface area (Å²) in [4.78, 5) is 4.33. The van der Waals surface area contributed by atoms with E-state index in [4.69, 9.17) is 0 Å². The van der Waals surface area contributed by atoms with Crippen LogP contribution in [0.25, 0.3) is 16.7 Å². The Morgan fingerprint density at radius 2 is 1.93 bits per heavy atom. The van der Waals surface area contributed by atoms with Crippen LogP contribution in [-0.4, -0.2) is 14.5 Å². The van der Waals surface area contributed by atoms with Gasteiger partial charge in [0, 0.05) is 6.20 Å². The fourth-order valence-corrected chi connectivity index (χ4v) is 1.67. The number of benzene rings is 1. The topological polar surface area (TPSA) is 37.5 Å². The van der Waals surface area contributed by atoms with Crippen molar-refractivity contribution in [3.63, 3.8) is 0 Å². The molecule has 3 aromatic rings. The first kappa shape index (κ1) is 7.38. The Bertz CT molecular complexity index is 613. The van der Waals surface area contributed by atoms with Gasteiger partial charge < -0.3 is 5.11 Å². The van der Waals surface area contributed by atoms with Crippen molar-refractivity contribution in [2.75, 3.05) is 0 Å². The average Bonchev–Trinajstić information content (AvgIpc) is 2.59. The molecule has 2 heterocycles. The maximum absolute atomic E-state index is 9.59. The van der Waals surface area contributed by atoms with E-state index in [0.29, 0.717) is 5.65 Å². The minimum absolute atomic E-state index is 0.212. The Morgan fingerprint density at radius 1 is 1.07 bits per heavy atom. The monoisotopic (exact) mass is 184 g/mol. The van der Waals surface area contributed by atoms with Gasteiger partial charge in [-0.15, -0.1) is 0 Å². The minimum Gasteiger partial charge on any atom is -0.504 e. The van der Waals surface area contributed by atoms with Crippen LogP contribution in [0.1, 0.15) is 0 Å². The first-order valence-corrected chi connectivity index (χ1v) is 4.41. The molecule has 0 amide bonds. The Balaban J connectivity index is 2.63. The normalized spacial score (nSPS) is 11.1. The maximum atomic E-state index is 9.59. The molecule has 0 aliphatic rings. The van der Waals surface area contributed by atoms with Crippen molar-refractivity contribution in [3.8, 4) is 5.75 Å². The molecule has 0 atom stereocenters. The van der Waals surface area contributed by atoms with Gasteiger partial charge in [0.15, 0.2) is 11.4 Å². The number of rotatable bonds is 0. The van der Waals surface area contributed by atoms with Crippen LogP contribution in [0.2, 0.25) is 0 Å². The summed E-state index contributed by atoms with van der Waals surface area (Å²) in [6.07, 6.45) is 1.89. The molecule has 3 nitrogen and oxygen atoms in total. The van der Waals surface area contributed by atoms with E-state index >= 15 is 0 Å². The third kappa shape index (κ3) is 0.836. The van der Waals surface area contributed by atoms with Crippen molar-refractivity contribution in [1.29, 1.82) is 0 Å². The van der Waals surface area contributed by atoms with Crippen LogP contribution < -0.4 is 0 Å². The van der Waals surface area contributed by atoms with Gasteiger partial charge >= 0.3 is 0 Å². The van der Waals surface area contributed by atoms with Gasteiger partial charge in [-0.1, -0.05) is 12.1 Å². The molecule has 0 unspecified atom stereocenters. The summed E-state index contributed by atoms with van der Waals surface area (Å²) in [7, 11) is 0. The summed E-state index contributed by atoms with van der Waals surface area (Å²) in [6.45, 7) is 0. The summed E-state index contributed by atoms with van der Waals surface area (Å²) < 4.78 is 1.88. The zero-order valence-corrected chi connectivity index (χ0v) is 7.38. The summed E-state index contributed by atoms with van der Waals surface area (Å²) in [5.74, 6) is 0.212. The molecule has 1 N–H and O–H groups in total. The SMILES string of the molecule is Oc1cccn2c1nc1ccccc12. The Morgan fingerprint density at radius 3 is 2.86 bits per heavy atom. The van der Waals surface area contributed by atoms with Gasteiger partial charge in [-0.2, -0.15) is 0 Å². The highest BCUT2D eigenvalue weighted by Gasteiger charge is 2.05. The lowest BCUT2D eigenvalue weighted by molar-refractivity contribution is 0.478. The Labute approximate surface area is 80.2 Å². The zero-order valence-electron chi connectivity index (χ0n) is 7.38. The maximum Gasteiger partial charge on any atom is 0.180 e. The first-order chi connectivity index (χ1) is 6.86. The van der Waals surface area contributed by atoms with Gasteiger partial charge in [-0.3, -0.25) is 4.40 Å². The predicted molar refractivity (Wildman–Crippen MR) is 54.4 cm³/mol. The van der Waals surface area contributed by atoms with Crippen molar-refractivity contribution >= 4 is 16.7 Å². The van der Waals surface area contributed by atoms with E-state index in [1.165, 1.54) is 0 Å². The van der Waals surface area contributed by atoms with E-state index < -0.39 is 0 Å². The third-order valence-corrected chi connectivity index (χ3v) is 2.31. The lowest BCUT2D eigenvalue weighted by atomic mass is 10.3. The van der Waals surface area contributed by atoms with Crippen LogP contribution in [0.4, 0.5) is 0 Å². The first-order valence-electron chi connectivity index (χ1n) is 4.41. The quantitative estimate of drug-likeness (QED) is 0.581. The van der Waals surface area contributed by atoms with Crippen molar-refractivity contribution in [3.05, 3.63) is 42.6 Å². The lowest BCUT2D eigenvalue weighted by Crippen LogP contribution is -1.82. The molecule has 0 saturated heterocycles. The Kier molecular flexibility index (Phi) is 1.31. The molecule has 0 radical (unpaired) electrons. The van der Waals surface area contributed by atoms with Crippen molar-refractivity contribution in [2.24, 2.45) is 0 Å². The molecule has 0 aliphatic heterocycles. The number of fused-ring (bicyclic) bond motifs is 3. The molecular formula is C11H8N2O. The minimum atomic E-state index is 0.212. The number of pyridine rings is 1. The van der Waals surface area contributed by atoms with E-state index in [-0.39, 0.29) is 5.75 Å². The number of hydrogen-bond donors (Lipinski definition) is 1. The summed E-state index contributed by atoms with van der Waals surface area (Å²) >= 11 is 0. The van der Waals surface area contributed by atoms with Crippen LogP contribution in [0.15, 0.2) is 42.6 Å². The number of hydrogen-bond acceptors (Lipinski definition) is 2. The fourth-order valence-electron chi connectivity index (χ4n) is 1.67. The van der Waals surface area contributed by atoms with Crippen LogP contribution in [0.5, 0.6) is 5.75 Å². The van der Waals surface area contributed by atoms with E-state index in [9.17, 15) is 5.11 Å². The lowest BCUT2D eigenvalue weighted by Gasteiger charge is -1.95. The number of aromatic hydroxyl groups is 1. The van der Waals surface area contributed by atoms with E-state index in [1.807, 2.05) is 34.9 Å². The van der Waals surface area contributed by atoms with E-state index in [2.05, 4.69) is 4.98 Å². The molecule has 3 heteroatoms. The Hall–Kier alpha value is -2.03. The number of imidazole rings is 1. The molecule has 0 bridgehead atoms. The summed E-state index contributed by atoms with van der Waals surface area (Å²) in [6, 6.07) is 11.3. The fraction of sp³-hybridized carbons (Fsp3) is 0. The number of para-hydroxylation sites is 2. The third-order valence-electron chi connectivity index (χ3n) is 2.31. The molecule has 14 heavy (non-hydrogen) atoms. The van der Waals surface area contributed by atoms with Crippen molar-refractivity contribution in [2.45, 2.75) is 0 Å². The highest BCUT2D eigenvalue weighted by molar-refractivity contribution is 5.81. The standard InChI is InChI=1S/C11H8N2O/c14-10-6-3-7-13-9-5-2-1-4-8(9)12-11(10)13/h1-7,14H. The van der Waals surface area contributed by atoms with Crippen molar-refractivity contribution in [1.82, 2.24) is 9.38 Å². The molecule has 1 aromatic carbocycles. The van der Waals surface area contributed by atoms with E-state index in [0.717, 1.165) is 11.0 Å². The van der Waals surface area contributed by atoms with Gasteiger partial charge in [0.05, 0.1) is 11.0 Å². The van der Waals surface area contributed by atoms with Gasteiger partial charge in [0.2, 0.25) is 0 Å². The molecule has 2 aromatic heterocycles. The molecule has 3 rings (SSSR count).